The van der Waals surface area contributed by atoms with Crippen LogP contribution in [0.5, 0.6) is 0 Å². The van der Waals surface area contributed by atoms with Gasteiger partial charge >= 0.3 is 0 Å². The zero-order valence-corrected chi connectivity index (χ0v) is 9.14. The number of aliphatic hydroxyl groups is 1. The van der Waals surface area contributed by atoms with Crippen molar-refractivity contribution in [3.63, 3.8) is 0 Å². The van der Waals surface area contributed by atoms with Crippen LogP contribution in [-0.4, -0.2) is 11.1 Å². The first-order valence-corrected chi connectivity index (χ1v) is 5.42. The molecule has 0 aliphatic rings. The smallest absolute Gasteiger partial charge is 0.103 e. The summed E-state index contributed by atoms with van der Waals surface area (Å²) in [6.45, 7) is 6.10. The second-order valence-electron chi connectivity index (χ2n) is 3.74. The highest BCUT2D eigenvalue weighted by Crippen LogP contribution is 2.27. The lowest BCUT2D eigenvalue weighted by Crippen LogP contribution is -2.23. The number of aliphatic hydroxyl groups excluding tert-OH is 1. The summed E-state index contributed by atoms with van der Waals surface area (Å²) in [5.41, 5.74) is 6.89. The molecular formula is C10H17NOS. The summed E-state index contributed by atoms with van der Waals surface area (Å²) in [5, 5.41) is 11.8. The van der Waals surface area contributed by atoms with Crippen LogP contribution in [0.2, 0.25) is 0 Å². The summed E-state index contributed by atoms with van der Waals surface area (Å²) in [7, 11) is 0. The van der Waals surface area contributed by atoms with Crippen LogP contribution in [0, 0.1) is 0 Å². The Morgan fingerprint density at radius 2 is 2.00 bits per heavy atom. The molecule has 3 heteroatoms. The van der Waals surface area contributed by atoms with Crippen molar-refractivity contribution >= 4 is 11.3 Å². The third-order valence-electron chi connectivity index (χ3n) is 2.10. The van der Waals surface area contributed by atoms with Gasteiger partial charge in [-0.25, -0.2) is 0 Å². The molecule has 0 saturated carbocycles. The maximum absolute atomic E-state index is 9.68. The predicted octanol–water partition coefficient (Wildman–Crippen LogP) is 2.25. The second kappa shape index (κ2) is 4.22. The van der Waals surface area contributed by atoms with Crippen LogP contribution in [0.3, 0.4) is 0 Å². The van der Waals surface area contributed by atoms with E-state index in [4.69, 9.17) is 5.73 Å². The molecule has 2 atom stereocenters. The summed E-state index contributed by atoms with van der Waals surface area (Å²) in [4.78, 5) is 0.971. The molecule has 0 aliphatic carbocycles. The molecule has 0 bridgehead atoms. The van der Waals surface area contributed by atoms with Crippen molar-refractivity contribution in [2.24, 2.45) is 5.73 Å². The number of hydrogen-bond acceptors (Lipinski definition) is 3. The van der Waals surface area contributed by atoms with Crippen molar-refractivity contribution in [3.8, 4) is 0 Å². The van der Waals surface area contributed by atoms with E-state index in [1.165, 1.54) is 5.56 Å². The van der Waals surface area contributed by atoms with Crippen molar-refractivity contribution in [1.82, 2.24) is 0 Å². The highest BCUT2D eigenvalue weighted by atomic mass is 32.1. The predicted molar refractivity (Wildman–Crippen MR) is 57.0 cm³/mol. The minimum atomic E-state index is -0.516. The normalized spacial score (nSPS) is 16.2. The molecule has 1 rings (SSSR count). The van der Waals surface area contributed by atoms with Gasteiger partial charge in [-0.2, -0.15) is 0 Å². The van der Waals surface area contributed by atoms with E-state index in [1.807, 2.05) is 13.0 Å². The van der Waals surface area contributed by atoms with Crippen LogP contribution < -0.4 is 5.73 Å². The zero-order chi connectivity index (χ0) is 10.0. The van der Waals surface area contributed by atoms with E-state index in [0.717, 1.165) is 4.88 Å². The molecule has 0 spiro atoms. The topological polar surface area (TPSA) is 46.2 Å². The van der Waals surface area contributed by atoms with Crippen LogP contribution in [-0.2, 0) is 0 Å². The van der Waals surface area contributed by atoms with Gasteiger partial charge in [-0.3, -0.25) is 0 Å². The SMILES string of the molecule is CC(C)c1csc(C(O)C(C)N)c1. The Balaban J connectivity index is 2.79. The van der Waals surface area contributed by atoms with Gasteiger partial charge in [-0.05, 0) is 29.9 Å². The van der Waals surface area contributed by atoms with Gasteiger partial charge in [0.1, 0.15) is 6.10 Å². The lowest BCUT2D eigenvalue weighted by Gasteiger charge is -2.11. The first-order chi connectivity index (χ1) is 6.02. The Morgan fingerprint density at radius 3 is 2.38 bits per heavy atom. The minimum Gasteiger partial charge on any atom is -0.386 e. The minimum absolute atomic E-state index is 0.196. The molecule has 0 aliphatic heterocycles. The summed E-state index contributed by atoms with van der Waals surface area (Å²) in [6.07, 6.45) is -0.516. The summed E-state index contributed by atoms with van der Waals surface area (Å²) < 4.78 is 0. The average molecular weight is 199 g/mol. The van der Waals surface area contributed by atoms with E-state index >= 15 is 0 Å². The fraction of sp³-hybridized carbons (Fsp3) is 0.600. The van der Waals surface area contributed by atoms with E-state index in [0.29, 0.717) is 5.92 Å². The summed E-state index contributed by atoms with van der Waals surface area (Å²) in [6, 6.07) is 1.85. The van der Waals surface area contributed by atoms with E-state index in [2.05, 4.69) is 19.2 Å². The van der Waals surface area contributed by atoms with Crippen molar-refractivity contribution < 1.29 is 5.11 Å². The van der Waals surface area contributed by atoms with Crippen LogP contribution in [0.25, 0.3) is 0 Å². The van der Waals surface area contributed by atoms with Gasteiger partial charge in [-0.1, -0.05) is 13.8 Å². The molecule has 0 amide bonds. The molecule has 0 fully saturated rings. The maximum Gasteiger partial charge on any atom is 0.103 e. The molecule has 3 N–H and O–H groups in total. The first-order valence-electron chi connectivity index (χ1n) is 4.54. The fourth-order valence-corrected chi connectivity index (χ4v) is 2.26. The molecule has 74 valence electrons. The van der Waals surface area contributed by atoms with Crippen molar-refractivity contribution in [2.75, 3.05) is 0 Å². The van der Waals surface area contributed by atoms with Gasteiger partial charge in [0.25, 0.3) is 0 Å². The maximum atomic E-state index is 9.68. The Labute approximate surface area is 83.4 Å². The molecule has 13 heavy (non-hydrogen) atoms. The van der Waals surface area contributed by atoms with E-state index in [9.17, 15) is 5.11 Å². The number of thiophene rings is 1. The number of rotatable bonds is 3. The fourth-order valence-electron chi connectivity index (χ4n) is 1.09. The van der Waals surface area contributed by atoms with E-state index in [1.54, 1.807) is 11.3 Å². The van der Waals surface area contributed by atoms with Crippen molar-refractivity contribution in [1.29, 1.82) is 0 Å². The largest absolute Gasteiger partial charge is 0.386 e. The lowest BCUT2D eigenvalue weighted by molar-refractivity contribution is 0.157. The van der Waals surface area contributed by atoms with Gasteiger partial charge in [0.15, 0.2) is 0 Å². The number of nitrogens with two attached hydrogens (primary N) is 1. The Kier molecular flexibility index (Phi) is 3.47. The van der Waals surface area contributed by atoms with Crippen molar-refractivity contribution in [3.05, 3.63) is 21.9 Å². The van der Waals surface area contributed by atoms with Crippen LogP contribution >= 0.6 is 11.3 Å². The first kappa shape index (κ1) is 10.7. The van der Waals surface area contributed by atoms with Gasteiger partial charge in [0, 0.05) is 10.9 Å². The highest BCUT2D eigenvalue weighted by molar-refractivity contribution is 7.10. The van der Waals surface area contributed by atoms with Crippen LogP contribution in [0.15, 0.2) is 11.4 Å². The number of hydrogen-bond donors (Lipinski definition) is 2. The Morgan fingerprint density at radius 1 is 1.38 bits per heavy atom. The monoisotopic (exact) mass is 199 g/mol. The molecular weight excluding hydrogens is 182 g/mol. The molecule has 2 unspecified atom stereocenters. The molecule has 1 heterocycles. The summed E-state index contributed by atoms with van der Waals surface area (Å²) >= 11 is 1.58. The van der Waals surface area contributed by atoms with Crippen LogP contribution in [0.4, 0.5) is 0 Å². The third kappa shape index (κ3) is 2.53. The quantitative estimate of drug-likeness (QED) is 0.784. The van der Waals surface area contributed by atoms with Gasteiger partial charge in [0.2, 0.25) is 0 Å². The molecule has 0 radical (unpaired) electrons. The zero-order valence-electron chi connectivity index (χ0n) is 8.32. The van der Waals surface area contributed by atoms with Crippen molar-refractivity contribution in [2.45, 2.75) is 38.8 Å². The molecule has 1 aromatic heterocycles. The third-order valence-corrected chi connectivity index (χ3v) is 3.12. The summed E-state index contributed by atoms with van der Waals surface area (Å²) in [5.74, 6) is 0.519. The standard InChI is InChI=1S/C10H17NOS/c1-6(2)8-4-9(13-5-8)10(12)7(3)11/h4-7,10,12H,11H2,1-3H3. The van der Waals surface area contributed by atoms with E-state index in [-0.39, 0.29) is 6.04 Å². The van der Waals surface area contributed by atoms with Gasteiger partial charge < -0.3 is 10.8 Å². The average Bonchev–Trinajstić information content (AvgIpc) is 2.50. The molecule has 0 aromatic carbocycles. The van der Waals surface area contributed by atoms with E-state index < -0.39 is 6.10 Å². The Bertz CT molecular complexity index is 268. The molecule has 0 saturated heterocycles. The second-order valence-corrected chi connectivity index (χ2v) is 4.68. The van der Waals surface area contributed by atoms with Gasteiger partial charge in [-0.15, -0.1) is 11.3 Å². The highest BCUT2D eigenvalue weighted by Gasteiger charge is 2.15. The molecule has 1 aromatic rings. The lowest BCUT2D eigenvalue weighted by atomic mass is 10.1. The van der Waals surface area contributed by atoms with Crippen LogP contribution in [0.1, 0.15) is 43.2 Å². The molecule has 2 nitrogen and oxygen atoms in total. The Hall–Kier alpha value is -0.380. The van der Waals surface area contributed by atoms with Gasteiger partial charge in [0.05, 0.1) is 0 Å².